The Balaban J connectivity index is 1.94. The van der Waals surface area contributed by atoms with Crippen molar-refractivity contribution in [2.45, 2.75) is 26.7 Å². The number of carbonyl (C=O) groups is 2. The summed E-state index contributed by atoms with van der Waals surface area (Å²) in [5, 5.41) is 9.28. The first-order valence-corrected chi connectivity index (χ1v) is 7.43. The average molecular weight is 294 g/mol. The lowest BCUT2D eigenvalue weighted by Crippen LogP contribution is -2.15. The van der Waals surface area contributed by atoms with E-state index in [0.717, 1.165) is 27.8 Å². The lowest BCUT2D eigenvalue weighted by molar-refractivity contribution is 0.0694. The van der Waals surface area contributed by atoms with Crippen LogP contribution in [-0.4, -0.2) is 16.9 Å². The average Bonchev–Trinajstić information content (AvgIpc) is 2.82. The molecule has 0 amide bonds. The van der Waals surface area contributed by atoms with Crippen molar-refractivity contribution in [3.05, 3.63) is 69.8 Å². The van der Waals surface area contributed by atoms with Gasteiger partial charge in [0.1, 0.15) is 0 Å². The second-order valence-corrected chi connectivity index (χ2v) is 5.98. The molecule has 1 N–H and O–H groups in total. The van der Waals surface area contributed by atoms with E-state index >= 15 is 0 Å². The number of ketones is 1. The molecule has 0 heterocycles. The maximum Gasteiger partial charge on any atom is 0.335 e. The smallest absolute Gasteiger partial charge is 0.335 e. The third kappa shape index (κ3) is 2.33. The molecule has 3 heteroatoms. The summed E-state index contributed by atoms with van der Waals surface area (Å²) in [6.07, 6.45) is 1.19. The van der Waals surface area contributed by atoms with Crippen LogP contribution < -0.4 is 0 Å². The van der Waals surface area contributed by atoms with Crippen molar-refractivity contribution in [1.82, 2.24) is 0 Å². The molecule has 0 unspecified atom stereocenters. The first-order chi connectivity index (χ1) is 10.5. The molecule has 0 radical (unpaired) electrons. The van der Waals surface area contributed by atoms with E-state index < -0.39 is 5.97 Å². The number of fused-ring (bicyclic) bond motifs is 1. The van der Waals surface area contributed by atoms with Crippen LogP contribution >= 0.6 is 0 Å². The first kappa shape index (κ1) is 14.5. The fourth-order valence-corrected chi connectivity index (χ4v) is 3.36. The highest BCUT2D eigenvalue weighted by Crippen LogP contribution is 2.34. The van der Waals surface area contributed by atoms with E-state index in [-0.39, 0.29) is 11.7 Å². The maximum atomic E-state index is 12.7. The van der Waals surface area contributed by atoms with Gasteiger partial charge in [-0.25, -0.2) is 4.79 Å². The summed E-state index contributed by atoms with van der Waals surface area (Å²) in [5.41, 5.74) is 5.15. The number of Topliss-reactive ketones (excluding diaryl/α,β-unsaturated/α-hetero) is 1. The van der Waals surface area contributed by atoms with Gasteiger partial charge in [-0.1, -0.05) is 30.3 Å². The van der Waals surface area contributed by atoms with Gasteiger partial charge in [-0.15, -0.1) is 0 Å². The summed E-state index contributed by atoms with van der Waals surface area (Å²) >= 11 is 0. The van der Waals surface area contributed by atoms with E-state index in [1.54, 1.807) is 18.2 Å². The van der Waals surface area contributed by atoms with Gasteiger partial charge in [-0.3, -0.25) is 4.79 Å². The minimum Gasteiger partial charge on any atom is -0.478 e. The van der Waals surface area contributed by atoms with Gasteiger partial charge >= 0.3 is 5.97 Å². The molecule has 1 aliphatic carbocycles. The van der Waals surface area contributed by atoms with Crippen LogP contribution in [0.25, 0.3) is 0 Å². The minimum absolute atomic E-state index is 0.149. The van der Waals surface area contributed by atoms with E-state index in [2.05, 4.69) is 6.07 Å². The normalized spacial score (nSPS) is 16.6. The monoisotopic (exact) mass is 294 g/mol. The van der Waals surface area contributed by atoms with Gasteiger partial charge in [0.2, 0.25) is 0 Å². The van der Waals surface area contributed by atoms with Crippen LogP contribution in [0.15, 0.2) is 36.4 Å². The number of carbonyl (C=O) groups excluding carboxylic acids is 1. The fourth-order valence-electron chi connectivity index (χ4n) is 3.36. The number of aromatic carboxylic acids is 1. The number of carboxylic acids is 1. The van der Waals surface area contributed by atoms with Crippen molar-refractivity contribution in [3.63, 3.8) is 0 Å². The highest BCUT2D eigenvalue weighted by Gasteiger charge is 2.33. The quantitative estimate of drug-likeness (QED) is 0.941. The third-order valence-electron chi connectivity index (χ3n) is 4.54. The number of rotatable bonds is 3. The first-order valence-electron chi connectivity index (χ1n) is 7.43. The van der Waals surface area contributed by atoms with Crippen molar-refractivity contribution >= 4 is 11.8 Å². The number of benzene rings is 2. The molecule has 1 atom stereocenters. The Morgan fingerprint density at radius 1 is 1.14 bits per heavy atom. The van der Waals surface area contributed by atoms with Crippen LogP contribution in [-0.2, 0) is 12.8 Å². The van der Waals surface area contributed by atoms with Gasteiger partial charge in [-0.05, 0) is 55.0 Å². The Hall–Kier alpha value is -2.42. The summed E-state index contributed by atoms with van der Waals surface area (Å²) in [6, 6.07) is 11.0. The molecule has 0 spiro atoms. The summed E-state index contributed by atoms with van der Waals surface area (Å²) < 4.78 is 0. The zero-order valence-corrected chi connectivity index (χ0v) is 12.7. The van der Waals surface area contributed by atoms with E-state index in [9.17, 15) is 14.7 Å². The van der Waals surface area contributed by atoms with Crippen LogP contribution in [0.3, 0.4) is 0 Å². The molecule has 2 aromatic rings. The van der Waals surface area contributed by atoms with Gasteiger partial charge in [-0.2, -0.15) is 0 Å². The van der Waals surface area contributed by atoms with Gasteiger partial charge in [0.05, 0.1) is 5.56 Å². The van der Waals surface area contributed by atoms with Gasteiger partial charge in [0, 0.05) is 11.5 Å². The molecule has 22 heavy (non-hydrogen) atoms. The molecule has 2 aromatic carbocycles. The molecule has 3 rings (SSSR count). The summed E-state index contributed by atoms with van der Waals surface area (Å²) in [7, 11) is 0. The van der Waals surface area contributed by atoms with Crippen molar-refractivity contribution in [2.24, 2.45) is 5.92 Å². The van der Waals surface area contributed by atoms with E-state index in [4.69, 9.17) is 0 Å². The highest BCUT2D eigenvalue weighted by molar-refractivity contribution is 6.04. The van der Waals surface area contributed by atoms with Crippen LogP contribution in [0.4, 0.5) is 0 Å². The fraction of sp³-hybridized carbons (Fsp3) is 0.263. The molecule has 0 aromatic heterocycles. The van der Waals surface area contributed by atoms with Gasteiger partial charge in [0.25, 0.3) is 0 Å². The number of aryl methyl sites for hydroxylation is 2. The molecule has 1 aliphatic rings. The highest BCUT2D eigenvalue weighted by atomic mass is 16.4. The van der Waals surface area contributed by atoms with Crippen LogP contribution in [0, 0.1) is 19.8 Å². The SMILES string of the molecule is Cc1ccc(C)c2c1C[C@H](Cc1ccccc1C(=O)O)C2=O. The van der Waals surface area contributed by atoms with Gasteiger partial charge < -0.3 is 5.11 Å². The summed E-state index contributed by atoms with van der Waals surface area (Å²) in [6.45, 7) is 3.99. The van der Waals surface area contributed by atoms with Crippen molar-refractivity contribution < 1.29 is 14.7 Å². The van der Waals surface area contributed by atoms with Crippen LogP contribution in [0.5, 0.6) is 0 Å². The molecular formula is C19H18O3. The molecule has 0 fully saturated rings. The predicted octanol–water partition coefficient (Wildman–Crippen LogP) is 3.60. The molecule has 3 nitrogen and oxygen atoms in total. The van der Waals surface area contributed by atoms with E-state index in [0.29, 0.717) is 18.4 Å². The standard InChI is InChI=1S/C19H18O3/c1-11-7-8-12(2)17-16(11)10-14(18(17)20)9-13-5-3-4-6-15(13)19(21)22/h3-8,14H,9-10H2,1-2H3,(H,21,22)/t14-/m0/s1. The maximum absolute atomic E-state index is 12.7. The minimum atomic E-state index is -0.939. The van der Waals surface area contributed by atoms with E-state index in [1.807, 2.05) is 26.0 Å². The van der Waals surface area contributed by atoms with E-state index in [1.165, 1.54) is 0 Å². The van der Waals surface area contributed by atoms with Crippen LogP contribution in [0.1, 0.15) is 43.0 Å². The zero-order chi connectivity index (χ0) is 15.9. The molecule has 0 saturated heterocycles. The Morgan fingerprint density at radius 2 is 1.82 bits per heavy atom. The predicted molar refractivity (Wildman–Crippen MR) is 84.5 cm³/mol. The van der Waals surface area contributed by atoms with Crippen molar-refractivity contribution in [3.8, 4) is 0 Å². The molecular weight excluding hydrogens is 276 g/mol. The number of hydrogen-bond donors (Lipinski definition) is 1. The Morgan fingerprint density at radius 3 is 2.50 bits per heavy atom. The third-order valence-corrected chi connectivity index (χ3v) is 4.54. The molecule has 0 aliphatic heterocycles. The summed E-state index contributed by atoms with van der Waals surface area (Å²) in [4.78, 5) is 24.0. The Labute approximate surface area is 129 Å². The molecule has 0 bridgehead atoms. The van der Waals surface area contributed by atoms with Crippen LogP contribution in [0.2, 0.25) is 0 Å². The Kier molecular flexibility index (Phi) is 3.57. The zero-order valence-electron chi connectivity index (χ0n) is 12.7. The van der Waals surface area contributed by atoms with Gasteiger partial charge in [0.15, 0.2) is 5.78 Å². The van der Waals surface area contributed by atoms with Crippen molar-refractivity contribution in [1.29, 1.82) is 0 Å². The number of hydrogen-bond acceptors (Lipinski definition) is 2. The topological polar surface area (TPSA) is 54.4 Å². The largest absolute Gasteiger partial charge is 0.478 e. The summed E-state index contributed by atoms with van der Waals surface area (Å²) in [5.74, 6) is -0.947. The van der Waals surface area contributed by atoms with Crippen molar-refractivity contribution in [2.75, 3.05) is 0 Å². The molecule has 112 valence electrons. The lowest BCUT2D eigenvalue weighted by atomic mass is 9.92. The second-order valence-electron chi connectivity index (χ2n) is 5.98. The second kappa shape index (κ2) is 5.41. The number of carboxylic acid groups (broad SMARTS) is 1. The lowest BCUT2D eigenvalue weighted by Gasteiger charge is -2.10. The molecule has 0 saturated carbocycles. The Bertz CT molecular complexity index is 774.